The first-order chi connectivity index (χ1) is 20.0. The van der Waals surface area contributed by atoms with Crippen molar-refractivity contribution in [2.24, 2.45) is 30.0 Å². The lowest BCUT2D eigenvalue weighted by molar-refractivity contribution is -0.117. The summed E-state index contributed by atoms with van der Waals surface area (Å²) in [7, 11) is 3.73. The maximum atomic E-state index is 13.6. The van der Waals surface area contributed by atoms with Gasteiger partial charge in [0.05, 0.1) is 18.3 Å². The number of methoxy groups -OCH3 is 1. The van der Waals surface area contributed by atoms with Crippen molar-refractivity contribution in [3.05, 3.63) is 42.0 Å². The number of fused-ring (bicyclic) bond motifs is 3. The van der Waals surface area contributed by atoms with Crippen LogP contribution in [-0.2, 0) is 13.6 Å². The Kier molecular flexibility index (Phi) is 5.68. The molecule has 4 aromatic rings. The fourth-order valence-electron chi connectivity index (χ4n) is 7.34. The van der Waals surface area contributed by atoms with Crippen LogP contribution in [0.5, 0.6) is 5.75 Å². The molecule has 4 fully saturated rings. The molecule has 2 aromatic carbocycles. The van der Waals surface area contributed by atoms with E-state index in [2.05, 4.69) is 45.8 Å². The topological polar surface area (TPSA) is 90.3 Å². The summed E-state index contributed by atoms with van der Waals surface area (Å²) in [5.74, 6) is 3.27. The van der Waals surface area contributed by atoms with E-state index in [1.165, 1.54) is 48.7 Å². The molecule has 1 unspecified atom stereocenters. The van der Waals surface area contributed by atoms with Gasteiger partial charge in [-0.15, -0.1) is 0 Å². The summed E-state index contributed by atoms with van der Waals surface area (Å²) >= 11 is 0. The summed E-state index contributed by atoms with van der Waals surface area (Å²) in [6.45, 7) is 3.43. The number of nitrogens with zero attached hydrogens (tertiary/aromatic N) is 4. The molecule has 2 atom stereocenters. The molecule has 2 aromatic heterocycles. The second-order valence-electron chi connectivity index (χ2n) is 13.1. The Labute approximate surface area is 240 Å². The molecule has 1 amide bonds. The number of benzene rings is 2. The number of piperidine rings is 1. The lowest BCUT2D eigenvalue weighted by Gasteiger charge is -2.64. The van der Waals surface area contributed by atoms with Crippen LogP contribution in [0.15, 0.2) is 36.4 Å². The molecule has 8 nitrogen and oxygen atoms in total. The number of anilines is 1. The van der Waals surface area contributed by atoms with Gasteiger partial charge in [-0.1, -0.05) is 12.8 Å². The maximum Gasteiger partial charge on any atom is 0.254 e. The number of imidazole rings is 1. The van der Waals surface area contributed by atoms with Crippen molar-refractivity contribution in [1.82, 2.24) is 19.0 Å². The Morgan fingerprint density at radius 3 is 2.63 bits per heavy atom. The lowest BCUT2D eigenvalue weighted by Crippen LogP contribution is -2.74. The van der Waals surface area contributed by atoms with Crippen LogP contribution in [0, 0.1) is 17.3 Å². The quantitative estimate of drug-likeness (QED) is 0.275. The Morgan fingerprint density at radius 2 is 1.95 bits per heavy atom. The van der Waals surface area contributed by atoms with Crippen LogP contribution in [-0.4, -0.2) is 57.7 Å². The van der Waals surface area contributed by atoms with Crippen LogP contribution in [0.3, 0.4) is 0 Å². The average Bonchev–Trinajstić information content (AvgIpc) is 3.90. The first-order valence-electron chi connectivity index (χ1n) is 15.4. The van der Waals surface area contributed by atoms with E-state index in [1.54, 1.807) is 7.11 Å². The smallest absolute Gasteiger partial charge is 0.254 e. The van der Waals surface area contributed by atoms with Crippen LogP contribution in [0.2, 0.25) is 0 Å². The van der Waals surface area contributed by atoms with E-state index in [0.29, 0.717) is 17.9 Å². The second-order valence-corrected chi connectivity index (χ2v) is 13.1. The first-order valence-corrected chi connectivity index (χ1v) is 15.4. The Bertz CT molecular complexity index is 1670. The summed E-state index contributed by atoms with van der Waals surface area (Å²) in [4.78, 5) is 20.7. The van der Waals surface area contributed by atoms with Crippen LogP contribution in [0.4, 0.5) is 5.69 Å². The molecule has 41 heavy (non-hydrogen) atoms. The zero-order chi connectivity index (χ0) is 27.9. The van der Waals surface area contributed by atoms with Gasteiger partial charge < -0.3 is 29.8 Å². The predicted octanol–water partition coefficient (Wildman–Crippen LogP) is 5.39. The number of nitrogens with two attached hydrogens (primary N) is 1. The van der Waals surface area contributed by atoms with Crippen molar-refractivity contribution in [2.75, 3.05) is 32.1 Å². The van der Waals surface area contributed by atoms with Crippen molar-refractivity contribution in [3.63, 3.8) is 0 Å². The van der Waals surface area contributed by atoms with Crippen LogP contribution in [0.1, 0.15) is 55.3 Å². The summed E-state index contributed by atoms with van der Waals surface area (Å²) in [6.07, 6.45) is 8.76. The van der Waals surface area contributed by atoms with Gasteiger partial charge in [-0.3, -0.25) is 4.79 Å². The van der Waals surface area contributed by atoms with Crippen molar-refractivity contribution in [2.45, 2.75) is 57.5 Å². The minimum absolute atomic E-state index is 0.0516. The predicted molar refractivity (Wildman–Crippen MR) is 162 cm³/mol. The third-order valence-electron chi connectivity index (χ3n) is 10.4. The Morgan fingerprint density at radius 1 is 1.12 bits per heavy atom. The van der Waals surface area contributed by atoms with Gasteiger partial charge in [0.25, 0.3) is 5.91 Å². The molecule has 0 bridgehead atoms. The fraction of sp³-hybridized carbons (Fsp3) is 0.515. The van der Waals surface area contributed by atoms with Gasteiger partial charge in [0.15, 0.2) is 5.82 Å². The highest BCUT2D eigenvalue weighted by Gasteiger charge is 2.59. The average molecular weight is 553 g/mol. The number of likely N-dealkylation sites (tertiary alicyclic amines) is 1. The molecule has 8 rings (SSSR count). The molecular formula is C33H40N6O2. The lowest BCUT2D eigenvalue weighted by atomic mass is 9.57. The Balaban J connectivity index is 1.17. The summed E-state index contributed by atoms with van der Waals surface area (Å²) in [5, 5.41) is 4.87. The molecule has 8 heteroatoms. The highest BCUT2D eigenvalue weighted by atomic mass is 16.5. The molecular weight excluding hydrogens is 512 g/mol. The fourth-order valence-corrected chi connectivity index (χ4v) is 7.34. The molecule has 1 saturated heterocycles. The van der Waals surface area contributed by atoms with E-state index >= 15 is 0 Å². The number of carbonyl (C=O) groups is 1. The standard InChI is InChI=1S/C33H40N6O2/c1-37-30-25(14-23(16-28(30)41-2)32(40)39-19-33(18-34)11-9-29(33)39)36-31(37)27-15-22-13-24(35-12-10-20-3-4-20)7-8-26(22)38(27)17-21-5-6-21/h7-8,13-16,20-21,29,35H,3-6,9-12,17-19,34H2,1-2H3/t29?,33-/m1/s1. The van der Waals surface area contributed by atoms with Gasteiger partial charge >= 0.3 is 0 Å². The van der Waals surface area contributed by atoms with E-state index in [1.807, 2.05) is 17.0 Å². The molecule has 3 saturated carbocycles. The highest BCUT2D eigenvalue weighted by molar-refractivity contribution is 6.01. The van der Waals surface area contributed by atoms with Crippen LogP contribution < -0.4 is 15.8 Å². The monoisotopic (exact) mass is 552 g/mol. The largest absolute Gasteiger partial charge is 0.494 e. The number of aryl methyl sites for hydroxylation is 1. The maximum absolute atomic E-state index is 13.6. The van der Waals surface area contributed by atoms with E-state index in [0.717, 1.165) is 66.9 Å². The number of nitrogens with one attached hydrogen (secondary N) is 1. The van der Waals surface area contributed by atoms with Crippen molar-refractivity contribution in [1.29, 1.82) is 0 Å². The zero-order valence-electron chi connectivity index (χ0n) is 24.2. The van der Waals surface area contributed by atoms with Crippen molar-refractivity contribution < 1.29 is 9.53 Å². The zero-order valence-corrected chi connectivity index (χ0v) is 24.2. The molecule has 214 valence electrons. The Hall–Kier alpha value is -3.52. The van der Waals surface area contributed by atoms with Crippen LogP contribution in [0.25, 0.3) is 33.5 Å². The van der Waals surface area contributed by atoms with Crippen LogP contribution >= 0.6 is 0 Å². The first kappa shape index (κ1) is 25.2. The van der Waals surface area contributed by atoms with E-state index in [4.69, 9.17) is 15.5 Å². The minimum Gasteiger partial charge on any atom is -0.494 e. The van der Waals surface area contributed by atoms with Gasteiger partial charge in [0.1, 0.15) is 11.3 Å². The molecule has 0 spiro atoms. The second kappa shape index (κ2) is 9.24. The van der Waals surface area contributed by atoms with Gasteiger partial charge in [0.2, 0.25) is 0 Å². The number of hydrogen-bond donors (Lipinski definition) is 2. The number of amides is 1. The third kappa shape index (κ3) is 4.05. The number of ether oxygens (including phenoxy) is 1. The van der Waals surface area contributed by atoms with Gasteiger partial charge in [-0.25, -0.2) is 4.98 Å². The number of aromatic nitrogens is 3. The minimum atomic E-state index is 0.0516. The highest BCUT2D eigenvalue weighted by Crippen LogP contribution is 2.53. The summed E-state index contributed by atoms with van der Waals surface area (Å²) < 4.78 is 10.4. The van der Waals surface area contributed by atoms with Gasteiger partial charge in [-0.05, 0) is 80.3 Å². The SMILES string of the molecule is COc1cc(C(=O)N2C[C@]3(CN)CCC23)cc2nc(-c3cc4cc(NCCC5CC5)ccc4n3CC3CC3)n(C)c12. The third-order valence-corrected chi connectivity index (χ3v) is 10.4. The summed E-state index contributed by atoms with van der Waals surface area (Å²) in [6, 6.07) is 13.1. The van der Waals surface area contributed by atoms with Gasteiger partial charge in [-0.2, -0.15) is 0 Å². The van der Waals surface area contributed by atoms with Crippen molar-refractivity contribution in [3.8, 4) is 17.3 Å². The molecule has 1 aliphatic heterocycles. The van der Waals surface area contributed by atoms with Crippen molar-refractivity contribution >= 4 is 33.5 Å². The molecule has 0 radical (unpaired) electrons. The molecule has 4 aliphatic rings. The number of rotatable bonds is 10. The number of carbonyl (C=O) groups excluding carboxylic acids is 1. The summed E-state index contributed by atoms with van der Waals surface area (Å²) in [5.41, 5.74) is 12.1. The molecule has 3 heterocycles. The van der Waals surface area contributed by atoms with Gasteiger partial charge in [0, 0.05) is 66.8 Å². The van der Waals surface area contributed by atoms with E-state index in [-0.39, 0.29) is 17.4 Å². The molecule has 3 aliphatic carbocycles. The van der Waals surface area contributed by atoms with E-state index in [9.17, 15) is 4.79 Å². The normalized spacial score (nSPS) is 23.4. The van der Waals surface area contributed by atoms with E-state index < -0.39 is 0 Å². The molecule has 3 N–H and O–H groups in total. The number of hydrogen-bond acceptors (Lipinski definition) is 5.